The molecule has 28 heavy (non-hydrogen) atoms. The molecule has 0 saturated carbocycles. The Morgan fingerprint density at radius 1 is 0.964 bits per heavy atom. The first-order chi connectivity index (χ1) is 13.6. The summed E-state index contributed by atoms with van der Waals surface area (Å²) in [6.45, 7) is 2.06. The van der Waals surface area contributed by atoms with Gasteiger partial charge in [-0.3, -0.25) is 14.6 Å². The number of benzene rings is 2. The summed E-state index contributed by atoms with van der Waals surface area (Å²) in [4.78, 5) is 28.9. The summed E-state index contributed by atoms with van der Waals surface area (Å²) in [5.41, 5.74) is 3.21. The number of rotatable bonds is 5. The summed E-state index contributed by atoms with van der Waals surface area (Å²) < 4.78 is 0. The van der Waals surface area contributed by atoms with Gasteiger partial charge in [0.1, 0.15) is 5.69 Å². The molecule has 0 saturated heterocycles. The number of amides is 2. The van der Waals surface area contributed by atoms with Crippen molar-refractivity contribution < 1.29 is 9.59 Å². The second kappa shape index (κ2) is 8.60. The second-order valence-corrected chi connectivity index (χ2v) is 6.08. The molecule has 0 aliphatic heterocycles. The largest absolute Gasteiger partial charge is 0.322 e. The highest BCUT2D eigenvalue weighted by atomic mass is 16.2. The lowest BCUT2D eigenvalue weighted by atomic mass is 10.1. The molecule has 2 aromatic carbocycles. The van der Waals surface area contributed by atoms with E-state index in [1.807, 2.05) is 30.3 Å². The average Bonchev–Trinajstić information content (AvgIpc) is 2.74. The molecule has 0 fully saturated rings. The van der Waals surface area contributed by atoms with Crippen LogP contribution >= 0.6 is 0 Å². The van der Waals surface area contributed by atoms with Crippen LogP contribution in [-0.2, 0) is 6.42 Å². The molecular formula is C22H18N4O2. The topological polar surface area (TPSA) is 94.9 Å². The Bertz CT molecular complexity index is 1050. The van der Waals surface area contributed by atoms with Crippen molar-refractivity contribution in [2.45, 2.75) is 13.3 Å². The van der Waals surface area contributed by atoms with Crippen molar-refractivity contribution in [3.05, 3.63) is 89.2 Å². The third-order valence-electron chi connectivity index (χ3n) is 4.12. The molecule has 6 heteroatoms. The molecule has 0 radical (unpaired) electrons. The SMILES string of the molecule is CCc1ccc(NC(=O)c2ccnc(C(=O)Nc3cccc(C#N)c3)c2)cc1. The van der Waals surface area contributed by atoms with Crippen LogP contribution in [0, 0.1) is 11.3 Å². The number of hydrogen-bond acceptors (Lipinski definition) is 4. The summed E-state index contributed by atoms with van der Waals surface area (Å²) >= 11 is 0. The van der Waals surface area contributed by atoms with E-state index in [1.54, 1.807) is 30.3 Å². The zero-order valence-corrected chi connectivity index (χ0v) is 15.3. The fourth-order valence-electron chi connectivity index (χ4n) is 2.58. The lowest BCUT2D eigenvalue weighted by molar-refractivity contribution is 0.102. The Kier molecular flexibility index (Phi) is 5.78. The molecule has 0 spiro atoms. The highest BCUT2D eigenvalue weighted by Crippen LogP contribution is 2.14. The Balaban J connectivity index is 1.72. The van der Waals surface area contributed by atoms with Gasteiger partial charge in [0.2, 0.25) is 0 Å². The predicted molar refractivity (Wildman–Crippen MR) is 107 cm³/mol. The molecule has 0 aliphatic rings. The molecule has 0 aliphatic carbocycles. The van der Waals surface area contributed by atoms with E-state index in [0.29, 0.717) is 22.5 Å². The van der Waals surface area contributed by atoms with Gasteiger partial charge in [-0.25, -0.2) is 0 Å². The van der Waals surface area contributed by atoms with Crippen LogP contribution in [0.3, 0.4) is 0 Å². The van der Waals surface area contributed by atoms with Crippen molar-refractivity contribution >= 4 is 23.2 Å². The summed E-state index contributed by atoms with van der Waals surface area (Å²) in [6.07, 6.45) is 2.34. The fourth-order valence-corrected chi connectivity index (χ4v) is 2.58. The number of carbonyl (C=O) groups excluding carboxylic acids is 2. The second-order valence-electron chi connectivity index (χ2n) is 6.08. The number of aromatic nitrogens is 1. The maximum Gasteiger partial charge on any atom is 0.274 e. The molecule has 0 unspecified atom stereocenters. The third-order valence-corrected chi connectivity index (χ3v) is 4.12. The molecule has 2 N–H and O–H groups in total. The van der Waals surface area contributed by atoms with Gasteiger partial charge in [-0.2, -0.15) is 5.26 Å². The van der Waals surface area contributed by atoms with E-state index in [1.165, 1.54) is 17.8 Å². The predicted octanol–water partition coefficient (Wildman–Crippen LogP) is 4.02. The molecule has 0 bridgehead atoms. The number of nitriles is 1. The smallest absolute Gasteiger partial charge is 0.274 e. The Hall–Kier alpha value is -3.98. The van der Waals surface area contributed by atoms with Gasteiger partial charge in [-0.05, 0) is 54.4 Å². The highest BCUT2D eigenvalue weighted by Gasteiger charge is 2.13. The first-order valence-electron chi connectivity index (χ1n) is 8.77. The monoisotopic (exact) mass is 370 g/mol. The minimum absolute atomic E-state index is 0.108. The summed E-state index contributed by atoms with van der Waals surface area (Å²) in [5.74, 6) is -0.788. The third kappa shape index (κ3) is 4.59. The van der Waals surface area contributed by atoms with Crippen LogP contribution in [0.5, 0.6) is 0 Å². The number of carbonyl (C=O) groups is 2. The molecule has 1 aromatic heterocycles. The molecular weight excluding hydrogens is 352 g/mol. The van der Waals surface area contributed by atoms with Gasteiger partial charge in [0, 0.05) is 23.1 Å². The van der Waals surface area contributed by atoms with E-state index in [2.05, 4.69) is 22.5 Å². The van der Waals surface area contributed by atoms with Crippen LogP contribution in [0.25, 0.3) is 0 Å². The molecule has 2 amide bonds. The number of nitrogens with one attached hydrogen (secondary N) is 2. The van der Waals surface area contributed by atoms with Gasteiger partial charge >= 0.3 is 0 Å². The van der Waals surface area contributed by atoms with E-state index >= 15 is 0 Å². The Morgan fingerprint density at radius 3 is 2.43 bits per heavy atom. The van der Waals surface area contributed by atoms with Crippen LogP contribution in [0.2, 0.25) is 0 Å². The summed E-state index contributed by atoms with van der Waals surface area (Å²) in [5, 5.41) is 14.4. The van der Waals surface area contributed by atoms with Gasteiger partial charge in [-0.15, -0.1) is 0 Å². The van der Waals surface area contributed by atoms with Crippen molar-refractivity contribution in [1.82, 2.24) is 4.98 Å². The zero-order valence-electron chi connectivity index (χ0n) is 15.3. The van der Waals surface area contributed by atoms with E-state index in [4.69, 9.17) is 5.26 Å². The van der Waals surface area contributed by atoms with E-state index in [9.17, 15) is 9.59 Å². The van der Waals surface area contributed by atoms with Gasteiger partial charge in [-0.1, -0.05) is 25.1 Å². The molecule has 3 rings (SSSR count). The molecule has 138 valence electrons. The van der Waals surface area contributed by atoms with E-state index in [-0.39, 0.29) is 11.6 Å². The van der Waals surface area contributed by atoms with Crippen LogP contribution in [-0.4, -0.2) is 16.8 Å². The van der Waals surface area contributed by atoms with Gasteiger partial charge in [0.05, 0.1) is 11.6 Å². The zero-order chi connectivity index (χ0) is 19.9. The number of nitrogens with zero attached hydrogens (tertiary/aromatic N) is 2. The summed E-state index contributed by atoms with van der Waals surface area (Å²) in [6, 6.07) is 19.1. The first-order valence-corrected chi connectivity index (χ1v) is 8.77. The van der Waals surface area contributed by atoms with Crippen molar-refractivity contribution in [2.75, 3.05) is 10.6 Å². The number of pyridine rings is 1. The van der Waals surface area contributed by atoms with Crippen molar-refractivity contribution in [1.29, 1.82) is 5.26 Å². The van der Waals surface area contributed by atoms with E-state index in [0.717, 1.165) is 6.42 Å². The lowest BCUT2D eigenvalue weighted by Crippen LogP contribution is -2.17. The maximum atomic E-state index is 12.5. The molecule has 1 heterocycles. The Labute approximate surface area is 162 Å². The fraction of sp³-hybridized carbons (Fsp3) is 0.0909. The minimum Gasteiger partial charge on any atom is -0.322 e. The molecule has 6 nitrogen and oxygen atoms in total. The van der Waals surface area contributed by atoms with Gasteiger partial charge < -0.3 is 10.6 Å². The maximum absolute atomic E-state index is 12.5. The molecule has 0 atom stereocenters. The van der Waals surface area contributed by atoms with Crippen molar-refractivity contribution in [3.8, 4) is 6.07 Å². The van der Waals surface area contributed by atoms with Crippen LogP contribution < -0.4 is 10.6 Å². The average molecular weight is 370 g/mol. The van der Waals surface area contributed by atoms with Gasteiger partial charge in [0.15, 0.2) is 0 Å². The van der Waals surface area contributed by atoms with Crippen LogP contribution in [0.15, 0.2) is 66.9 Å². The first kappa shape index (κ1) is 18.8. The lowest BCUT2D eigenvalue weighted by Gasteiger charge is -2.08. The Morgan fingerprint density at radius 2 is 1.71 bits per heavy atom. The standard InChI is InChI=1S/C22H18N4O2/c1-2-15-6-8-18(9-7-15)25-21(27)17-10-11-24-20(13-17)22(28)26-19-5-3-4-16(12-19)14-23/h3-13H,2H2,1H3,(H,25,27)(H,26,28). The van der Waals surface area contributed by atoms with Crippen LogP contribution in [0.1, 0.15) is 38.9 Å². The number of hydrogen-bond donors (Lipinski definition) is 2. The van der Waals surface area contributed by atoms with E-state index < -0.39 is 5.91 Å². The number of anilines is 2. The van der Waals surface area contributed by atoms with Gasteiger partial charge in [0.25, 0.3) is 11.8 Å². The normalized spacial score (nSPS) is 10.0. The van der Waals surface area contributed by atoms with Crippen molar-refractivity contribution in [3.63, 3.8) is 0 Å². The quantitative estimate of drug-likeness (QED) is 0.709. The molecule has 3 aromatic rings. The highest BCUT2D eigenvalue weighted by molar-refractivity contribution is 6.07. The number of aryl methyl sites for hydroxylation is 1. The van der Waals surface area contributed by atoms with Crippen molar-refractivity contribution in [2.24, 2.45) is 0 Å². The summed E-state index contributed by atoms with van der Waals surface area (Å²) in [7, 11) is 0. The van der Waals surface area contributed by atoms with Crippen LogP contribution in [0.4, 0.5) is 11.4 Å². The minimum atomic E-state index is -0.461.